The van der Waals surface area contributed by atoms with Crippen LogP contribution in [0.2, 0.25) is 0 Å². The summed E-state index contributed by atoms with van der Waals surface area (Å²) in [4.78, 5) is 37.1. The molecule has 11 nitrogen and oxygen atoms in total. The van der Waals surface area contributed by atoms with Crippen LogP contribution >= 0.6 is 0 Å². The van der Waals surface area contributed by atoms with Crippen LogP contribution in [0.1, 0.15) is 41.9 Å². The van der Waals surface area contributed by atoms with Crippen molar-refractivity contribution < 1.29 is 37.1 Å². The van der Waals surface area contributed by atoms with Gasteiger partial charge in [-0.2, -0.15) is 4.72 Å². The number of carboxylic acids is 1. The van der Waals surface area contributed by atoms with E-state index in [1.165, 1.54) is 11.0 Å². The summed E-state index contributed by atoms with van der Waals surface area (Å²) in [5, 5.41) is 12.8. The molecule has 0 saturated heterocycles. The van der Waals surface area contributed by atoms with Crippen molar-refractivity contribution in [3.63, 3.8) is 0 Å². The number of nitrogens with zero attached hydrogens (tertiary/aromatic N) is 1. The number of ether oxygens (including phenoxy) is 1. The minimum absolute atomic E-state index is 0.149. The molecule has 2 aromatic carbocycles. The third kappa shape index (κ3) is 6.50. The van der Waals surface area contributed by atoms with Crippen LogP contribution in [0.4, 0.5) is 0 Å². The highest BCUT2D eigenvalue weighted by molar-refractivity contribution is 7.91. The van der Waals surface area contributed by atoms with Gasteiger partial charge >= 0.3 is 5.97 Å². The number of carbonyl (C=O) groups is 3. The van der Waals surface area contributed by atoms with E-state index in [2.05, 4.69) is 10.0 Å². The van der Waals surface area contributed by atoms with Gasteiger partial charge in [0.05, 0.1) is 5.39 Å². The van der Waals surface area contributed by atoms with Crippen molar-refractivity contribution in [1.82, 2.24) is 14.9 Å². The Morgan fingerprint density at radius 1 is 1.09 bits per heavy atom. The smallest absolute Gasteiger partial charge is 0.321 e. The van der Waals surface area contributed by atoms with Gasteiger partial charge in [-0.3, -0.25) is 14.4 Å². The lowest BCUT2D eigenvalue weighted by Crippen LogP contribution is -2.60. The van der Waals surface area contributed by atoms with Crippen LogP contribution in [-0.2, 0) is 19.6 Å². The van der Waals surface area contributed by atoms with Crippen LogP contribution in [0.3, 0.4) is 0 Å². The van der Waals surface area contributed by atoms with E-state index in [-0.39, 0.29) is 24.7 Å². The minimum atomic E-state index is -4.52. The van der Waals surface area contributed by atoms with Gasteiger partial charge in [0.25, 0.3) is 11.8 Å². The molecule has 2 atom stereocenters. The van der Waals surface area contributed by atoms with Gasteiger partial charge in [-0.25, -0.2) is 8.42 Å². The lowest BCUT2D eigenvalue weighted by molar-refractivity contribution is -0.140. The summed E-state index contributed by atoms with van der Waals surface area (Å²) >= 11 is 0. The molecule has 0 aliphatic heterocycles. The molecule has 0 spiro atoms. The van der Waals surface area contributed by atoms with E-state index in [4.69, 9.17) is 9.15 Å². The number of rotatable bonds is 11. The monoisotopic (exact) mass is 609 g/mol. The summed E-state index contributed by atoms with van der Waals surface area (Å²) in [7, 11) is -1.31. The van der Waals surface area contributed by atoms with Crippen molar-refractivity contribution in [2.45, 2.75) is 38.1 Å². The van der Waals surface area contributed by atoms with Crippen LogP contribution in [0.15, 0.2) is 71.2 Å². The fourth-order valence-corrected chi connectivity index (χ4v) is 6.38. The van der Waals surface area contributed by atoms with Crippen LogP contribution in [0.25, 0.3) is 16.5 Å². The summed E-state index contributed by atoms with van der Waals surface area (Å²) in [6, 6.07) is 12.8. The molecular weight excluding hydrogens is 574 g/mol. The molecule has 1 unspecified atom stereocenters. The third-order valence-electron chi connectivity index (χ3n) is 7.26. The number of fused-ring (bicyclic) bond motifs is 1. The topological polar surface area (TPSA) is 155 Å². The van der Waals surface area contributed by atoms with Gasteiger partial charge in [0.1, 0.15) is 17.4 Å². The fourth-order valence-electron chi connectivity index (χ4n) is 4.69. The van der Waals surface area contributed by atoms with Crippen molar-refractivity contribution in [1.29, 1.82) is 0 Å². The highest BCUT2D eigenvalue weighted by Crippen LogP contribution is 2.35. The van der Waals surface area contributed by atoms with E-state index in [0.29, 0.717) is 22.3 Å². The van der Waals surface area contributed by atoms with E-state index in [1.807, 2.05) is 30.3 Å². The Morgan fingerprint density at radius 3 is 2.37 bits per heavy atom. The summed E-state index contributed by atoms with van der Waals surface area (Å²) in [6.07, 6.45) is 4.44. The molecule has 0 fully saturated rings. The zero-order valence-electron chi connectivity index (χ0n) is 24.6. The number of allylic oxidation sites excluding steroid dienone is 2. The number of sulfonamides is 1. The number of furan rings is 1. The van der Waals surface area contributed by atoms with Gasteiger partial charge in [-0.05, 0) is 42.2 Å². The Kier molecular flexibility index (Phi) is 9.12. The highest BCUT2D eigenvalue weighted by Gasteiger charge is 2.46. The molecule has 3 N–H and O–H groups in total. The first kappa shape index (κ1) is 31.5. The van der Waals surface area contributed by atoms with Gasteiger partial charge in [-0.1, -0.05) is 62.4 Å². The molecule has 1 heterocycles. The molecule has 2 amide bonds. The number of nitrogens with one attached hydrogen (secondary N) is 2. The molecule has 12 heteroatoms. The molecule has 0 radical (unpaired) electrons. The summed E-state index contributed by atoms with van der Waals surface area (Å²) in [5.41, 5.74) is 2.28. The summed E-state index contributed by atoms with van der Waals surface area (Å²) < 4.78 is 41.7. The summed E-state index contributed by atoms with van der Waals surface area (Å²) in [5.74, 6) is -2.82. The lowest BCUT2D eigenvalue weighted by atomic mass is 9.96. The van der Waals surface area contributed by atoms with Crippen LogP contribution in [-0.4, -0.2) is 67.8 Å². The first-order chi connectivity index (χ1) is 20.3. The number of carboxylic acid groups (broad SMARTS) is 1. The van der Waals surface area contributed by atoms with E-state index in [9.17, 15) is 27.9 Å². The highest BCUT2D eigenvalue weighted by atomic mass is 32.2. The maximum absolute atomic E-state index is 13.9. The largest absolute Gasteiger partial charge is 0.483 e. The summed E-state index contributed by atoms with van der Waals surface area (Å²) in [6.45, 7) is 4.57. The average Bonchev–Trinajstić information content (AvgIpc) is 3.32. The van der Waals surface area contributed by atoms with Crippen molar-refractivity contribution in [3.05, 3.63) is 83.6 Å². The Hall–Kier alpha value is -4.42. The van der Waals surface area contributed by atoms with Gasteiger partial charge < -0.3 is 24.5 Å². The Balaban J connectivity index is 1.72. The molecule has 1 aliphatic carbocycles. The number of aliphatic carboxylic acids is 1. The van der Waals surface area contributed by atoms with Crippen LogP contribution in [0, 0.1) is 12.8 Å². The molecule has 0 saturated carbocycles. The fraction of sp³-hybridized carbons (Fsp3) is 0.323. The maximum Gasteiger partial charge on any atom is 0.321 e. The van der Waals surface area contributed by atoms with Crippen molar-refractivity contribution in [2.24, 2.45) is 5.92 Å². The van der Waals surface area contributed by atoms with E-state index in [1.54, 1.807) is 65.2 Å². The van der Waals surface area contributed by atoms with Crippen LogP contribution in [0.5, 0.6) is 5.75 Å². The Morgan fingerprint density at radius 2 is 1.79 bits per heavy atom. The zero-order chi connectivity index (χ0) is 31.5. The maximum atomic E-state index is 13.9. The predicted octanol–water partition coefficient (Wildman–Crippen LogP) is 3.71. The number of likely N-dealkylation sites (N-methyl/N-ethyl adjacent to an activating group) is 1. The lowest BCUT2D eigenvalue weighted by Gasteiger charge is -2.34. The van der Waals surface area contributed by atoms with E-state index < -0.39 is 38.7 Å². The number of benzene rings is 2. The van der Waals surface area contributed by atoms with Gasteiger partial charge in [0.15, 0.2) is 17.2 Å². The second kappa shape index (κ2) is 12.4. The average molecular weight is 610 g/mol. The molecule has 1 aromatic heterocycles. The number of aryl methyl sites for hydroxylation is 1. The molecule has 43 heavy (non-hydrogen) atoms. The first-order valence-corrected chi connectivity index (χ1v) is 15.1. The number of hydrogen-bond donors (Lipinski definition) is 3. The SMILES string of the molecule is Cc1c(C(=O)NC2(S(=O)(=O)N[C@H](C(=O)O)C(C)C)C=CC(c3ccccc3)=CC2)oc2cccc(OCC(=O)N(C)C)c12. The third-order valence-corrected chi connectivity index (χ3v) is 9.18. The van der Waals surface area contributed by atoms with Gasteiger partial charge in [0, 0.05) is 26.1 Å². The predicted molar refractivity (Wildman–Crippen MR) is 162 cm³/mol. The molecule has 0 bridgehead atoms. The van der Waals surface area contributed by atoms with Gasteiger partial charge in [-0.15, -0.1) is 0 Å². The normalized spacial score (nSPS) is 17.4. The molecule has 1 aliphatic rings. The van der Waals surface area contributed by atoms with Crippen molar-refractivity contribution in [2.75, 3.05) is 20.7 Å². The zero-order valence-corrected chi connectivity index (χ0v) is 25.4. The second-order valence-electron chi connectivity index (χ2n) is 10.9. The molecule has 4 rings (SSSR count). The molecular formula is C31H35N3O8S. The van der Waals surface area contributed by atoms with E-state index >= 15 is 0 Å². The standard InChI is InChI=1S/C31H35N3O8S/c1-19(2)27(30(37)38)33-43(39,40)31(16-14-22(15-17-31)21-10-7-6-8-11-21)32-29(36)28-20(3)26-23(12-9-13-24(26)42-28)41-18-25(35)34(4)5/h6-16,19,27,33H,17-18H2,1-5H3,(H,32,36)(H,37,38)/t27-,31?/m0/s1. The second-order valence-corrected chi connectivity index (χ2v) is 12.8. The quantitative estimate of drug-likeness (QED) is 0.297. The van der Waals surface area contributed by atoms with E-state index in [0.717, 1.165) is 11.1 Å². The van der Waals surface area contributed by atoms with Crippen molar-refractivity contribution in [3.8, 4) is 5.75 Å². The number of hydrogen-bond acceptors (Lipinski definition) is 7. The van der Waals surface area contributed by atoms with Crippen molar-refractivity contribution >= 4 is 44.3 Å². The number of carbonyl (C=O) groups excluding carboxylic acids is 2. The number of amides is 2. The Bertz CT molecular complexity index is 1710. The molecule has 3 aromatic rings. The Labute approximate surface area is 250 Å². The van der Waals surface area contributed by atoms with Crippen LogP contribution < -0.4 is 14.8 Å². The molecule has 228 valence electrons. The minimum Gasteiger partial charge on any atom is -0.483 e. The first-order valence-electron chi connectivity index (χ1n) is 13.6. The van der Waals surface area contributed by atoms with Gasteiger partial charge in [0.2, 0.25) is 10.0 Å².